The van der Waals surface area contributed by atoms with Gasteiger partial charge < -0.3 is 4.57 Å². The maximum Gasteiger partial charge on any atom is 0.261 e. The average Bonchev–Trinajstić information content (AvgIpc) is 3.05. The maximum absolute atomic E-state index is 13.3. The Bertz CT molecular complexity index is 888. The third-order valence-corrected chi connectivity index (χ3v) is 3.60. The van der Waals surface area contributed by atoms with Gasteiger partial charge in [0.25, 0.3) is 5.91 Å². The van der Waals surface area contributed by atoms with Crippen molar-refractivity contribution in [2.45, 2.75) is 26.3 Å². The van der Waals surface area contributed by atoms with Crippen LogP contribution in [0.2, 0.25) is 0 Å². The Morgan fingerprint density at radius 2 is 2.04 bits per heavy atom. The predicted octanol–water partition coefficient (Wildman–Crippen LogP) is 2.92. The van der Waals surface area contributed by atoms with E-state index in [0.29, 0.717) is 17.0 Å². The van der Waals surface area contributed by atoms with Gasteiger partial charge in [-0.3, -0.25) is 14.8 Å². The van der Waals surface area contributed by atoms with Crippen LogP contribution < -0.4 is 5.32 Å². The smallest absolute Gasteiger partial charge is 0.261 e. The third-order valence-electron chi connectivity index (χ3n) is 3.60. The van der Waals surface area contributed by atoms with Gasteiger partial charge in [0.05, 0.1) is 28.3 Å². The Balaban J connectivity index is 1.88. The topological polar surface area (TPSA) is 64.7 Å². The number of hydrogen-bond donors (Lipinski definition) is 1. The van der Waals surface area contributed by atoms with E-state index in [-0.39, 0.29) is 17.3 Å². The molecule has 2 heterocycles. The Morgan fingerprint density at radius 3 is 2.70 bits per heavy atom. The van der Waals surface area contributed by atoms with Gasteiger partial charge in [-0.05, 0) is 32.9 Å². The summed E-state index contributed by atoms with van der Waals surface area (Å²) in [5.74, 6) is -0.307. The van der Waals surface area contributed by atoms with Crippen LogP contribution in [0.4, 0.5) is 10.3 Å². The predicted molar refractivity (Wildman–Crippen MR) is 85.8 cm³/mol. The number of aromatic nitrogens is 4. The van der Waals surface area contributed by atoms with E-state index in [9.17, 15) is 9.18 Å². The molecule has 0 aliphatic heterocycles. The van der Waals surface area contributed by atoms with Crippen molar-refractivity contribution >= 4 is 22.9 Å². The number of nitrogens with one attached hydrogen (secondary N) is 1. The number of hydrogen-bond acceptors (Lipinski definition) is 3. The normalized spacial score (nSPS) is 11.9. The molecule has 2 aromatic heterocycles. The molecule has 3 aromatic rings. The van der Waals surface area contributed by atoms with Crippen LogP contribution in [0.5, 0.6) is 0 Å². The summed E-state index contributed by atoms with van der Waals surface area (Å²) in [6.07, 6.45) is 3.21. The summed E-state index contributed by atoms with van der Waals surface area (Å²) < 4.78 is 16.7. The van der Waals surface area contributed by atoms with Crippen molar-refractivity contribution < 1.29 is 9.18 Å². The molecule has 0 aliphatic carbocycles. The lowest BCUT2D eigenvalue weighted by Crippen LogP contribution is -2.22. The van der Waals surface area contributed by atoms with E-state index in [1.807, 2.05) is 20.8 Å². The number of halogens is 1. The standard InChI is InChI=1S/C16H18FN5O/c1-16(2,3)22-9-10(8-18-22)14(23)20-15-19-12-7-11(17)5-6-13(12)21(15)4/h5-9H,1-4H3,(H,19,20,23). The van der Waals surface area contributed by atoms with Gasteiger partial charge in [-0.15, -0.1) is 0 Å². The summed E-state index contributed by atoms with van der Waals surface area (Å²) in [4.78, 5) is 16.6. The van der Waals surface area contributed by atoms with Gasteiger partial charge in [0.15, 0.2) is 0 Å². The molecule has 1 amide bonds. The lowest BCUT2D eigenvalue weighted by atomic mass is 10.1. The molecule has 0 atom stereocenters. The number of amides is 1. The van der Waals surface area contributed by atoms with Crippen molar-refractivity contribution in [2.24, 2.45) is 7.05 Å². The number of nitrogens with zero attached hydrogens (tertiary/aromatic N) is 4. The molecular weight excluding hydrogens is 297 g/mol. The first-order valence-corrected chi connectivity index (χ1v) is 7.24. The van der Waals surface area contributed by atoms with E-state index in [1.165, 1.54) is 18.3 Å². The fourth-order valence-electron chi connectivity index (χ4n) is 2.27. The second-order valence-electron chi connectivity index (χ2n) is 6.43. The van der Waals surface area contributed by atoms with Crippen LogP contribution in [0.15, 0.2) is 30.6 Å². The molecule has 0 radical (unpaired) electrons. The fourth-order valence-corrected chi connectivity index (χ4v) is 2.27. The van der Waals surface area contributed by atoms with Crippen LogP contribution in [0.25, 0.3) is 11.0 Å². The number of carbonyl (C=O) groups excluding carboxylic acids is 1. The monoisotopic (exact) mass is 315 g/mol. The molecule has 0 saturated carbocycles. The Morgan fingerprint density at radius 1 is 1.30 bits per heavy atom. The summed E-state index contributed by atoms with van der Waals surface area (Å²) in [5.41, 5.74) is 1.48. The number of aryl methyl sites for hydroxylation is 1. The highest BCUT2D eigenvalue weighted by Gasteiger charge is 2.18. The molecule has 0 bridgehead atoms. The molecule has 0 saturated heterocycles. The molecule has 0 fully saturated rings. The van der Waals surface area contributed by atoms with Gasteiger partial charge in [-0.25, -0.2) is 9.37 Å². The molecule has 0 spiro atoms. The second kappa shape index (κ2) is 5.19. The van der Waals surface area contributed by atoms with Crippen molar-refractivity contribution in [3.05, 3.63) is 42.0 Å². The van der Waals surface area contributed by atoms with Crippen LogP contribution in [-0.4, -0.2) is 25.2 Å². The number of rotatable bonds is 2. The zero-order chi connectivity index (χ0) is 16.8. The summed E-state index contributed by atoms with van der Waals surface area (Å²) in [5, 5.41) is 6.94. The molecule has 6 nitrogen and oxygen atoms in total. The number of carbonyl (C=O) groups is 1. The lowest BCUT2D eigenvalue weighted by Gasteiger charge is -2.18. The summed E-state index contributed by atoms with van der Waals surface area (Å²) in [7, 11) is 1.77. The Hall–Kier alpha value is -2.70. The summed E-state index contributed by atoms with van der Waals surface area (Å²) in [6.45, 7) is 6.01. The molecule has 0 aliphatic rings. The minimum Gasteiger partial charge on any atom is -0.313 e. The van der Waals surface area contributed by atoms with E-state index in [0.717, 1.165) is 5.52 Å². The highest BCUT2D eigenvalue weighted by Crippen LogP contribution is 2.20. The Kier molecular flexibility index (Phi) is 3.43. The van der Waals surface area contributed by atoms with Crippen molar-refractivity contribution in [3.63, 3.8) is 0 Å². The molecule has 23 heavy (non-hydrogen) atoms. The number of benzene rings is 1. The zero-order valence-electron chi connectivity index (χ0n) is 13.5. The van der Waals surface area contributed by atoms with E-state index < -0.39 is 0 Å². The van der Waals surface area contributed by atoms with Crippen molar-refractivity contribution in [3.8, 4) is 0 Å². The van der Waals surface area contributed by atoms with Gasteiger partial charge in [0.1, 0.15) is 5.82 Å². The van der Waals surface area contributed by atoms with Crippen molar-refractivity contribution in [2.75, 3.05) is 5.32 Å². The maximum atomic E-state index is 13.3. The molecular formula is C16H18FN5O. The van der Waals surface area contributed by atoms with Gasteiger partial charge in [0, 0.05) is 19.3 Å². The molecule has 0 unspecified atom stereocenters. The van der Waals surface area contributed by atoms with Crippen LogP contribution in [0.3, 0.4) is 0 Å². The first-order valence-electron chi connectivity index (χ1n) is 7.24. The van der Waals surface area contributed by atoms with Gasteiger partial charge in [-0.1, -0.05) is 0 Å². The SMILES string of the molecule is Cn1c(NC(=O)c2cnn(C(C)(C)C)c2)nc2cc(F)ccc21. The minimum atomic E-state index is -0.361. The Labute approximate surface area is 132 Å². The number of imidazole rings is 1. The molecule has 1 aromatic carbocycles. The molecule has 3 rings (SSSR count). The minimum absolute atomic E-state index is 0.200. The van der Waals surface area contributed by atoms with E-state index in [4.69, 9.17) is 0 Å². The number of fused-ring (bicyclic) bond motifs is 1. The first-order chi connectivity index (χ1) is 10.8. The van der Waals surface area contributed by atoms with Crippen LogP contribution in [0.1, 0.15) is 31.1 Å². The van der Waals surface area contributed by atoms with Crippen molar-refractivity contribution in [1.82, 2.24) is 19.3 Å². The third kappa shape index (κ3) is 2.81. The highest BCUT2D eigenvalue weighted by molar-refractivity contribution is 6.03. The van der Waals surface area contributed by atoms with Gasteiger partial charge in [-0.2, -0.15) is 5.10 Å². The summed E-state index contributed by atoms with van der Waals surface area (Å²) >= 11 is 0. The number of anilines is 1. The summed E-state index contributed by atoms with van der Waals surface area (Å²) in [6, 6.07) is 4.33. The fraction of sp³-hybridized carbons (Fsp3) is 0.312. The molecule has 120 valence electrons. The van der Waals surface area contributed by atoms with E-state index >= 15 is 0 Å². The zero-order valence-corrected chi connectivity index (χ0v) is 13.5. The van der Waals surface area contributed by atoms with Crippen LogP contribution in [0, 0.1) is 5.82 Å². The molecule has 1 N–H and O–H groups in total. The average molecular weight is 315 g/mol. The van der Waals surface area contributed by atoms with E-state index in [1.54, 1.807) is 28.6 Å². The highest BCUT2D eigenvalue weighted by atomic mass is 19.1. The first kappa shape index (κ1) is 15.2. The van der Waals surface area contributed by atoms with Gasteiger partial charge >= 0.3 is 0 Å². The molecule has 7 heteroatoms. The second-order valence-corrected chi connectivity index (χ2v) is 6.43. The van der Waals surface area contributed by atoms with Gasteiger partial charge in [0.2, 0.25) is 5.95 Å². The van der Waals surface area contributed by atoms with E-state index in [2.05, 4.69) is 15.4 Å². The quantitative estimate of drug-likeness (QED) is 0.791. The van der Waals surface area contributed by atoms with Crippen LogP contribution >= 0.6 is 0 Å². The largest absolute Gasteiger partial charge is 0.313 e. The van der Waals surface area contributed by atoms with Crippen molar-refractivity contribution in [1.29, 1.82) is 0 Å². The lowest BCUT2D eigenvalue weighted by molar-refractivity contribution is 0.102. The van der Waals surface area contributed by atoms with Crippen LogP contribution in [-0.2, 0) is 12.6 Å².